The summed E-state index contributed by atoms with van der Waals surface area (Å²) >= 11 is 11.5. The van der Waals surface area contributed by atoms with Gasteiger partial charge in [-0.15, -0.1) is 0 Å². The van der Waals surface area contributed by atoms with Gasteiger partial charge in [0.05, 0.1) is 15.5 Å². The van der Waals surface area contributed by atoms with Crippen LogP contribution in [0.4, 0.5) is 5.69 Å². The van der Waals surface area contributed by atoms with Gasteiger partial charge in [0, 0.05) is 12.1 Å². The van der Waals surface area contributed by atoms with Crippen LogP contribution in [0, 0.1) is 11.3 Å². The lowest BCUT2D eigenvalue weighted by molar-refractivity contribution is -0.153. The number of hydrogen-bond acceptors (Lipinski definition) is 3. The highest BCUT2D eigenvalue weighted by atomic mass is 35.5. The maximum Gasteiger partial charge on any atom is 0.310 e. The number of nitrogens with one attached hydrogen (secondary N) is 1. The molecule has 1 rings (SSSR count). The van der Waals surface area contributed by atoms with Crippen LogP contribution in [0.3, 0.4) is 0 Å². The van der Waals surface area contributed by atoms with Crippen molar-refractivity contribution in [2.75, 3.05) is 5.32 Å². The Kier molecular flexibility index (Phi) is 5.48. The quantitative estimate of drug-likeness (QED) is 0.715. The van der Waals surface area contributed by atoms with Crippen molar-refractivity contribution in [2.45, 2.75) is 27.2 Å². The molecule has 5 nitrogen and oxygen atoms in total. The second-order valence-corrected chi connectivity index (χ2v) is 6.21. The number of amides is 1. The SMILES string of the molecule is CC(C)C(C)(CC(=O)Nc1cc(Cl)c(O)c(Cl)c1)C(=O)O. The third kappa shape index (κ3) is 4.02. The summed E-state index contributed by atoms with van der Waals surface area (Å²) in [5.74, 6) is -1.98. The molecule has 0 heterocycles. The van der Waals surface area contributed by atoms with Gasteiger partial charge in [0.1, 0.15) is 0 Å². The van der Waals surface area contributed by atoms with Gasteiger partial charge >= 0.3 is 5.97 Å². The molecular formula is C14H17Cl2NO4. The van der Waals surface area contributed by atoms with Gasteiger partial charge in [-0.2, -0.15) is 0 Å². The fourth-order valence-corrected chi connectivity index (χ4v) is 2.19. The second kappa shape index (κ2) is 6.54. The number of carboxylic acid groups (broad SMARTS) is 1. The van der Waals surface area contributed by atoms with Crippen molar-refractivity contribution in [1.29, 1.82) is 0 Å². The molecule has 0 saturated heterocycles. The van der Waals surface area contributed by atoms with Crippen molar-refractivity contribution >= 4 is 40.8 Å². The number of halogens is 2. The number of hydrogen-bond donors (Lipinski definition) is 3. The van der Waals surface area contributed by atoms with Crippen LogP contribution in [0.5, 0.6) is 5.75 Å². The lowest BCUT2D eigenvalue weighted by Gasteiger charge is -2.28. The molecule has 0 aliphatic heterocycles. The summed E-state index contributed by atoms with van der Waals surface area (Å²) in [7, 11) is 0. The minimum absolute atomic E-state index is 0.00246. The summed E-state index contributed by atoms with van der Waals surface area (Å²) in [6.45, 7) is 5.02. The summed E-state index contributed by atoms with van der Waals surface area (Å²) in [5, 5.41) is 21.3. The zero-order valence-corrected chi connectivity index (χ0v) is 13.4. The Hall–Kier alpha value is -1.46. The molecule has 1 aromatic rings. The normalized spacial score (nSPS) is 13.8. The smallest absolute Gasteiger partial charge is 0.310 e. The summed E-state index contributed by atoms with van der Waals surface area (Å²) in [6.07, 6.45) is -0.184. The van der Waals surface area contributed by atoms with Crippen LogP contribution < -0.4 is 5.32 Å². The number of benzene rings is 1. The highest BCUT2D eigenvalue weighted by Crippen LogP contribution is 2.35. The monoisotopic (exact) mass is 333 g/mol. The minimum Gasteiger partial charge on any atom is -0.505 e. The number of phenols is 1. The van der Waals surface area contributed by atoms with Crippen LogP contribution in [0.25, 0.3) is 0 Å². The highest BCUT2D eigenvalue weighted by molar-refractivity contribution is 6.37. The van der Waals surface area contributed by atoms with Crippen molar-refractivity contribution in [2.24, 2.45) is 11.3 Å². The summed E-state index contributed by atoms with van der Waals surface area (Å²) in [4.78, 5) is 23.4. The van der Waals surface area contributed by atoms with E-state index in [1.807, 2.05) is 0 Å². The number of carboxylic acids is 1. The molecule has 21 heavy (non-hydrogen) atoms. The van der Waals surface area contributed by atoms with Gasteiger partial charge in [0.15, 0.2) is 5.75 Å². The molecule has 3 N–H and O–H groups in total. The summed E-state index contributed by atoms with van der Waals surface area (Å²) < 4.78 is 0. The maximum atomic E-state index is 12.0. The molecule has 0 bridgehead atoms. The number of phenolic OH excluding ortho intramolecular Hbond substituents is 1. The molecule has 7 heteroatoms. The van der Waals surface area contributed by atoms with E-state index in [9.17, 15) is 19.8 Å². The standard InChI is InChI=1S/C14H17Cl2NO4/c1-7(2)14(3,13(20)21)6-11(18)17-8-4-9(15)12(19)10(16)5-8/h4-5,7,19H,6H2,1-3H3,(H,17,18)(H,20,21). The van der Waals surface area contributed by atoms with Gasteiger partial charge in [-0.3, -0.25) is 9.59 Å². The van der Waals surface area contributed by atoms with E-state index >= 15 is 0 Å². The summed E-state index contributed by atoms with van der Waals surface area (Å²) in [5.41, 5.74) is -0.876. The predicted molar refractivity (Wildman–Crippen MR) is 82.0 cm³/mol. The van der Waals surface area contributed by atoms with Crippen molar-refractivity contribution in [3.8, 4) is 5.75 Å². The lowest BCUT2D eigenvalue weighted by Crippen LogP contribution is -2.37. The average Bonchev–Trinajstić information content (AvgIpc) is 2.34. The van der Waals surface area contributed by atoms with Crippen LogP contribution in [-0.2, 0) is 9.59 Å². The summed E-state index contributed by atoms with van der Waals surface area (Å²) in [6, 6.07) is 2.68. The number of aromatic hydroxyl groups is 1. The molecule has 116 valence electrons. The Bertz CT molecular complexity index is 551. The Morgan fingerprint density at radius 3 is 2.14 bits per heavy atom. The van der Waals surface area contributed by atoms with Gasteiger partial charge in [-0.25, -0.2) is 0 Å². The first kappa shape index (κ1) is 17.6. The van der Waals surface area contributed by atoms with E-state index in [0.717, 1.165) is 0 Å². The molecule has 0 aliphatic rings. The highest BCUT2D eigenvalue weighted by Gasteiger charge is 2.38. The molecule has 0 saturated carbocycles. The fraction of sp³-hybridized carbons (Fsp3) is 0.429. The number of rotatable bonds is 5. The maximum absolute atomic E-state index is 12.0. The van der Waals surface area contributed by atoms with Gasteiger partial charge in [0.25, 0.3) is 0 Å². The zero-order valence-electron chi connectivity index (χ0n) is 11.9. The van der Waals surface area contributed by atoms with Crippen LogP contribution >= 0.6 is 23.2 Å². The first-order chi connectivity index (χ1) is 9.57. The van der Waals surface area contributed by atoms with Gasteiger partial charge < -0.3 is 15.5 Å². The molecule has 0 aliphatic carbocycles. The van der Waals surface area contributed by atoms with Crippen LogP contribution in [0.1, 0.15) is 27.2 Å². The molecule has 0 radical (unpaired) electrons. The minimum atomic E-state index is -1.17. The first-order valence-corrected chi connectivity index (χ1v) is 7.04. The van der Waals surface area contributed by atoms with Gasteiger partial charge in [-0.1, -0.05) is 37.0 Å². The topological polar surface area (TPSA) is 86.6 Å². The van der Waals surface area contributed by atoms with Gasteiger partial charge in [-0.05, 0) is 25.0 Å². The lowest BCUT2D eigenvalue weighted by atomic mass is 9.76. The molecule has 1 atom stereocenters. The van der Waals surface area contributed by atoms with Gasteiger partial charge in [0.2, 0.25) is 5.91 Å². The molecular weight excluding hydrogens is 317 g/mol. The van der Waals surface area contributed by atoms with E-state index in [1.54, 1.807) is 13.8 Å². The first-order valence-electron chi connectivity index (χ1n) is 6.29. The molecule has 0 aromatic heterocycles. The van der Waals surface area contributed by atoms with E-state index in [1.165, 1.54) is 19.1 Å². The zero-order chi connectivity index (χ0) is 16.4. The predicted octanol–water partition coefficient (Wildman–Crippen LogP) is 3.77. The second-order valence-electron chi connectivity index (χ2n) is 5.39. The van der Waals surface area contributed by atoms with Crippen molar-refractivity contribution in [3.63, 3.8) is 0 Å². The largest absolute Gasteiger partial charge is 0.505 e. The Balaban J connectivity index is 2.90. The molecule has 1 unspecified atom stereocenters. The van der Waals surface area contributed by atoms with Crippen LogP contribution in [-0.4, -0.2) is 22.1 Å². The third-order valence-electron chi connectivity index (χ3n) is 3.59. The van der Waals surface area contributed by atoms with E-state index in [4.69, 9.17) is 23.2 Å². The molecule has 1 amide bonds. The Labute approximate surface area is 132 Å². The third-order valence-corrected chi connectivity index (χ3v) is 4.17. The van der Waals surface area contributed by atoms with Crippen molar-refractivity contribution < 1.29 is 19.8 Å². The fourth-order valence-electron chi connectivity index (χ4n) is 1.70. The van der Waals surface area contributed by atoms with Crippen molar-refractivity contribution in [1.82, 2.24) is 0 Å². The van der Waals surface area contributed by atoms with Crippen molar-refractivity contribution in [3.05, 3.63) is 22.2 Å². The molecule has 1 aromatic carbocycles. The number of carbonyl (C=O) groups is 2. The van der Waals surface area contributed by atoms with E-state index in [-0.39, 0.29) is 28.1 Å². The number of carbonyl (C=O) groups excluding carboxylic acids is 1. The van der Waals surface area contributed by atoms with E-state index in [0.29, 0.717) is 5.69 Å². The average molecular weight is 334 g/mol. The van der Waals surface area contributed by atoms with Crippen LogP contribution in [0.2, 0.25) is 10.0 Å². The molecule has 0 spiro atoms. The Morgan fingerprint density at radius 1 is 1.29 bits per heavy atom. The molecule has 0 fully saturated rings. The number of anilines is 1. The van der Waals surface area contributed by atoms with E-state index < -0.39 is 17.3 Å². The van der Waals surface area contributed by atoms with E-state index in [2.05, 4.69) is 5.32 Å². The Morgan fingerprint density at radius 2 is 1.76 bits per heavy atom. The number of aliphatic carboxylic acids is 1. The van der Waals surface area contributed by atoms with Crippen LogP contribution in [0.15, 0.2) is 12.1 Å².